The zero-order chi connectivity index (χ0) is 21.9. The van der Waals surface area contributed by atoms with Gasteiger partial charge in [0.15, 0.2) is 0 Å². The van der Waals surface area contributed by atoms with Crippen molar-refractivity contribution in [1.29, 1.82) is 0 Å². The number of carbonyl (C=O) groups is 1. The van der Waals surface area contributed by atoms with Crippen LogP contribution in [0.15, 0.2) is 83.8 Å². The van der Waals surface area contributed by atoms with Crippen LogP contribution in [0.25, 0.3) is 11.0 Å². The molecule has 0 aliphatic carbocycles. The van der Waals surface area contributed by atoms with Crippen LogP contribution in [0, 0.1) is 0 Å². The standard InChI is InChI=1S/C26H25N3O2S/c1-32-22-11-7-8-20(17-22)29-18-19(16-25(29)30)26-27-23-12-5-6-13-24(23)28(26)14-15-31-21-9-3-2-4-10-21/h2-13,17,19H,14-16,18H2,1H3/t19-/m0/s1. The molecule has 3 aromatic carbocycles. The third-order valence-electron chi connectivity index (χ3n) is 5.87. The Bertz CT molecular complexity index is 1240. The Kier molecular flexibility index (Phi) is 5.86. The number of rotatable bonds is 7. The molecule has 6 heteroatoms. The van der Waals surface area contributed by atoms with Crippen LogP contribution in [0.4, 0.5) is 5.69 Å². The number of nitrogens with zero attached hydrogens (tertiary/aromatic N) is 3. The van der Waals surface area contributed by atoms with Crippen LogP contribution in [0.5, 0.6) is 5.75 Å². The highest BCUT2D eigenvalue weighted by atomic mass is 32.2. The first-order valence-corrected chi connectivity index (χ1v) is 12.0. The molecule has 2 heterocycles. The average Bonchev–Trinajstić information content (AvgIpc) is 3.40. The van der Waals surface area contributed by atoms with Gasteiger partial charge < -0.3 is 14.2 Å². The largest absolute Gasteiger partial charge is 0.492 e. The van der Waals surface area contributed by atoms with E-state index in [1.165, 1.54) is 0 Å². The summed E-state index contributed by atoms with van der Waals surface area (Å²) < 4.78 is 8.17. The van der Waals surface area contributed by atoms with E-state index < -0.39 is 0 Å². The van der Waals surface area contributed by atoms with Gasteiger partial charge in [-0.25, -0.2) is 4.98 Å². The predicted octanol–water partition coefficient (Wildman–Crippen LogP) is 5.36. The molecule has 1 aliphatic rings. The molecule has 1 fully saturated rings. The molecule has 0 bridgehead atoms. The van der Waals surface area contributed by atoms with Gasteiger partial charge in [0.25, 0.3) is 0 Å². The molecule has 0 saturated carbocycles. The highest BCUT2D eigenvalue weighted by Gasteiger charge is 2.34. The van der Waals surface area contributed by atoms with E-state index in [4.69, 9.17) is 9.72 Å². The Morgan fingerprint density at radius 3 is 2.69 bits per heavy atom. The minimum atomic E-state index is 0.0459. The summed E-state index contributed by atoms with van der Waals surface area (Å²) in [5.74, 6) is 2.01. The van der Waals surface area contributed by atoms with Crippen LogP contribution in [-0.4, -0.2) is 34.9 Å². The number of para-hydroxylation sites is 3. The third kappa shape index (κ3) is 4.10. The van der Waals surface area contributed by atoms with Crippen LogP contribution in [-0.2, 0) is 11.3 Å². The van der Waals surface area contributed by atoms with Gasteiger partial charge in [0.05, 0.1) is 17.6 Å². The van der Waals surface area contributed by atoms with Crippen molar-refractivity contribution in [3.8, 4) is 5.75 Å². The Labute approximate surface area is 192 Å². The number of amides is 1. The minimum Gasteiger partial charge on any atom is -0.492 e. The van der Waals surface area contributed by atoms with Gasteiger partial charge in [-0.05, 0) is 48.7 Å². The molecular formula is C26H25N3O2S. The van der Waals surface area contributed by atoms with Gasteiger partial charge in [0.2, 0.25) is 5.91 Å². The fourth-order valence-corrected chi connectivity index (χ4v) is 4.77. The van der Waals surface area contributed by atoms with Crippen molar-refractivity contribution >= 4 is 34.4 Å². The molecule has 1 aromatic heterocycles. The summed E-state index contributed by atoms with van der Waals surface area (Å²) in [5.41, 5.74) is 2.99. The summed E-state index contributed by atoms with van der Waals surface area (Å²) in [6.45, 7) is 1.86. The fourth-order valence-electron chi connectivity index (χ4n) is 4.32. The number of benzene rings is 3. The van der Waals surface area contributed by atoms with Crippen molar-refractivity contribution < 1.29 is 9.53 Å². The summed E-state index contributed by atoms with van der Waals surface area (Å²) in [5, 5.41) is 0. The average molecular weight is 444 g/mol. The van der Waals surface area contributed by atoms with Crippen LogP contribution >= 0.6 is 11.8 Å². The smallest absolute Gasteiger partial charge is 0.227 e. The number of carbonyl (C=O) groups excluding carboxylic acids is 1. The molecule has 0 N–H and O–H groups in total. The maximum atomic E-state index is 12.9. The highest BCUT2D eigenvalue weighted by molar-refractivity contribution is 7.98. The Morgan fingerprint density at radius 2 is 1.84 bits per heavy atom. The van der Waals surface area contributed by atoms with Gasteiger partial charge in [-0.15, -0.1) is 11.8 Å². The number of fused-ring (bicyclic) bond motifs is 1. The first-order chi connectivity index (χ1) is 15.7. The highest BCUT2D eigenvalue weighted by Crippen LogP contribution is 2.34. The Balaban J connectivity index is 1.41. The molecule has 0 spiro atoms. The number of imidazole rings is 1. The van der Waals surface area contributed by atoms with Crippen LogP contribution in [0.3, 0.4) is 0 Å². The summed E-state index contributed by atoms with van der Waals surface area (Å²) >= 11 is 1.68. The third-order valence-corrected chi connectivity index (χ3v) is 6.59. The number of ether oxygens (including phenoxy) is 1. The number of hydrogen-bond donors (Lipinski definition) is 0. The molecule has 1 atom stereocenters. The molecule has 5 nitrogen and oxygen atoms in total. The lowest BCUT2D eigenvalue weighted by atomic mass is 10.1. The lowest BCUT2D eigenvalue weighted by molar-refractivity contribution is -0.117. The van der Waals surface area contributed by atoms with Gasteiger partial charge in [-0.1, -0.05) is 36.4 Å². The maximum absolute atomic E-state index is 12.9. The van der Waals surface area contributed by atoms with E-state index in [-0.39, 0.29) is 11.8 Å². The molecule has 162 valence electrons. The zero-order valence-corrected chi connectivity index (χ0v) is 18.8. The normalized spacial score (nSPS) is 16.1. The van der Waals surface area contributed by atoms with E-state index >= 15 is 0 Å². The van der Waals surface area contributed by atoms with Crippen molar-refractivity contribution in [2.24, 2.45) is 0 Å². The maximum Gasteiger partial charge on any atom is 0.227 e. The second-order valence-corrected chi connectivity index (χ2v) is 8.76. The summed E-state index contributed by atoms with van der Waals surface area (Å²) in [6.07, 6.45) is 2.51. The van der Waals surface area contributed by atoms with Gasteiger partial charge in [-0.3, -0.25) is 4.79 Å². The van der Waals surface area contributed by atoms with Gasteiger partial charge in [0, 0.05) is 29.5 Å². The van der Waals surface area contributed by atoms with E-state index in [1.807, 2.05) is 71.8 Å². The van der Waals surface area contributed by atoms with Gasteiger partial charge in [0.1, 0.15) is 18.2 Å². The molecular weight excluding hydrogens is 418 g/mol. The first kappa shape index (κ1) is 20.6. The Morgan fingerprint density at radius 1 is 1.03 bits per heavy atom. The first-order valence-electron chi connectivity index (χ1n) is 10.8. The molecule has 1 amide bonds. The second-order valence-electron chi connectivity index (χ2n) is 7.88. The second kappa shape index (κ2) is 9.09. The molecule has 5 rings (SSSR count). The monoisotopic (exact) mass is 443 g/mol. The van der Waals surface area contributed by atoms with E-state index in [0.29, 0.717) is 26.1 Å². The van der Waals surface area contributed by atoms with Crippen molar-refractivity contribution in [2.75, 3.05) is 24.3 Å². The summed E-state index contributed by atoms with van der Waals surface area (Å²) in [6, 6.07) is 26.2. The number of anilines is 1. The molecule has 32 heavy (non-hydrogen) atoms. The van der Waals surface area contributed by atoms with Crippen molar-refractivity contribution in [3.63, 3.8) is 0 Å². The molecule has 4 aromatic rings. The molecule has 0 unspecified atom stereocenters. The number of aromatic nitrogens is 2. The van der Waals surface area contributed by atoms with Crippen molar-refractivity contribution in [1.82, 2.24) is 9.55 Å². The van der Waals surface area contributed by atoms with E-state index in [2.05, 4.69) is 22.8 Å². The SMILES string of the molecule is CSc1cccc(N2C[C@@H](c3nc4ccccc4n3CCOc3ccccc3)CC2=O)c1. The van der Waals surface area contributed by atoms with Crippen molar-refractivity contribution in [2.45, 2.75) is 23.8 Å². The summed E-state index contributed by atoms with van der Waals surface area (Å²) in [4.78, 5) is 20.9. The van der Waals surface area contributed by atoms with Crippen molar-refractivity contribution in [3.05, 3.63) is 84.7 Å². The van der Waals surface area contributed by atoms with E-state index in [0.717, 1.165) is 33.2 Å². The topological polar surface area (TPSA) is 47.4 Å². The molecule has 1 saturated heterocycles. The van der Waals surface area contributed by atoms with E-state index in [1.54, 1.807) is 11.8 Å². The lowest BCUT2D eigenvalue weighted by Gasteiger charge is -2.18. The van der Waals surface area contributed by atoms with Gasteiger partial charge in [-0.2, -0.15) is 0 Å². The Hall–Kier alpha value is -3.25. The van der Waals surface area contributed by atoms with Crippen LogP contribution in [0.2, 0.25) is 0 Å². The lowest BCUT2D eigenvalue weighted by Crippen LogP contribution is -2.24. The predicted molar refractivity (Wildman–Crippen MR) is 130 cm³/mol. The molecule has 0 radical (unpaired) electrons. The number of hydrogen-bond acceptors (Lipinski definition) is 4. The molecule has 1 aliphatic heterocycles. The minimum absolute atomic E-state index is 0.0459. The summed E-state index contributed by atoms with van der Waals surface area (Å²) in [7, 11) is 0. The van der Waals surface area contributed by atoms with E-state index in [9.17, 15) is 4.79 Å². The fraction of sp³-hybridized carbons (Fsp3) is 0.231. The van der Waals surface area contributed by atoms with Gasteiger partial charge >= 0.3 is 0 Å². The van der Waals surface area contributed by atoms with Crippen LogP contribution in [0.1, 0.15) is 18.2 Å². The quantitative estimate of drug-likeness (QED) is 0.361. The van der Waals surface area contributed by atoms with Crippen LogP contribution < -0.4 is 9.64 Å². The zero-order valence-electron chi connectivity index (χ0n) is 18.0. The number of thioether (sulfide) groups is 1.